The number of ether oxygens (including phenoxy) is 1. The summed E-state index contributed by atoms with van der Waals surface area (Å²) in [5.74, 6) is -0.432. The molecular formula is C24H32N4O3. The average molecular weight is 425 g/mol. The number of benzene rings is 1. The Bertz CT molecular complexity index is 969. The molecule has 2 amide bonds. The van der Waals surface area contributed by atoms with Crippen molar-refractivity contribution < 1.29 is 14.3 Å². The number of nitrogens with zero attached hydrogens (tertiary/aromatic N) is 2. The highest BCUT2D eigenvalue weighted by Crippen LogP contribution is 2.33. The fourth-order valence-electron chi connectivity index (χ4n) is 4.29. The Morgan fingerprint density at radius 2 is 1.97 bits per heavy atom. The van der Waals surface area contributed by atoms with E-state index in [1.54, 1.807) is 6.92 Å². The first-order valence-corrected chi connectivity index (χ1v) is 11.1. The summed E-state index contributed by atoms with van der Waals surface area (Å²) in [6, 6.07) is 10.7. The Hall–Kier alpha value is -2.67. The molecule has 0 unspecified atom stereocenters. The van der Waals surface area contributed by atoms with Crippen molar-refractivity contribution in [1.29, 1.82) is 0 Å². The number of anilines is 1. The minimum atomic E-state index is -0.381. The van der Waals surface area contributed by atoms with E-state index in [2.05, 4.69) is 55.7 Å². The molecule has 2 saturated heterocycles. The summed E-state index contributed by atoms with van der Waals surface area (Å²) in [4.78, 5) is 24.6. The summed E-state index contributed by atoms with van der Waals surface area (Å²) in [7, 11) is 0. The molecule has 31 heavy (non-hydrogen) atoms. The van der Waals surface area contributed by atoms with Crippen LogP contribution in [0.5, 0.6) is 0 Å². The number of nitrogens with one attached hydrogen (secondary N) is 2. The molecule has 7 nitrogen and oxygen atoms in total. The zero-order chi connectivity index (χ0) is 22.2. The molecule has 166 valence electrons. The van der Waals surface area contributed by atoms with E-state index in [0.717, 1.165) is 24.1 Å². The van der Waals surface area contributed by atoms with E-state index in [0.29, 0.717) is 25.6 Å². The van der Waals surface area contributed by atoms with Gasteiger partial charge in [0.25, 0.3) is 0 Å². The van der Waals surface area contributed by atoms with Crippen LogP contribution in [-0.2, 0) is 19.7 Å². The Morgan fingerprint density at radius 1 is 1.23 bits per heavy atom. The minimum absolute atomic E-state index is 0.0364. The maximum absolute atomic E-state index is 12.8. The number of aromatic nitrogens is 2. The van der Waals surface area contributed by atoms with E-state index >= 15 is 0 Å². The number of carbonyl (C=O) groups is 2. The van der Waals surface area contributed by atoms with Crippen LogP contribution >= 0.6 is 0 Å². The molecule has 2 aliphatic rings. The highest BCUT2D eigenvalue weighted by molar-refractivity contribution is 5.97. The van der Waals surface area contributed by atoms with Crippen molar-refractivity contribution in [3.63, 3.8) is 0 Å². The zero-order valence-electron chi connectivity index (χ0n) is 18.8. The van der Waals surface area contributed by atoms with Gasteiger partial charge in [0.2, 0.25) is 11.8 Å². The summed E-state index contributed by atoms with van der Waals surface area (Å²) in [5.41, 5.74) is 3.36. The molecule has 0 bridgehead atoms. The smallest absolute Gasteiger partial charge is 0.231 e. The van der Waals surface area contributed by atoms with Crippen molar-refractivity contribution >= 4 is 17.6 Å². The maximum Gasteiger partial charge on any atom is 0.231 e. The molecule has 0 aliphatic carbocycles. The molecule has 3 heterocycles. The lowest BCUT2D eigenvalue weighted by molar-refractivity contribution is -0.126. The number of hydrogen-bond donors (Lipinski definition) is 2. The van der Waals surface area contributed by atoms with Crippen LogP contribution in [-0.4, -0.2) is 41.4 Å². The fourth-order valence-corrected chi connectivity index (χ4v) is 4.29. The van der Waals surface area contributed by atoms with Gasteiger partial charge < -0.3 is 15.4 Å². The van der Waals surface area contributed by atoms with E-state index in [-0.39, 0.29) is 35.1 Å². The zero-order valence-corrected chi connectivity index (χ0v) is 18.8. The van der Waals surface area contributed by atoms with Crippen molar-refractivity contribution in [2.45, 2.75) is 52.0 Å². The van der Waals surface area contributed by atoms with Gasteiger partial charge in [-0.05, 0) is 29.9 Å². The van der Waals surface area contributed by atoms with Crippen molar-refractivity contribution in [2.24, 2.45) is 11.8 Å². The van der Waals surface area contributed by atoms with Crippen LogP contribution in [0.1, 0.15) is 52.1 Å². The van der Waals surface area contributed by atoms with Crippen molar-refractivity contribution in [2.75, 3.05) is 25.1 Å². The highest BCUT2D eigenvalue weighted by Gasteiger charge is 2.36. The first-order chi connectivity index (χ1) is 14.7. The Morgan fingerprint density at radius 3 is 2.61 bits per heavy atom. The van der Waals surface area contributed by atoms with Crippen molar-refractivity contribution in [3.8, 4) is 11.3 Å². The molecule has 7 heteroatoms. The molecule has 1 aromatic carbocycles. The van der Waals surface area contributed by atoms with Crippen molar-refractivity contribution in [3.05, 3.63) is 35.9 Å². The lowest BCUT2D eigenvalue weighted by Gasteiger charge is -2.25. The van der Waals surface area contributed by atoms with Gasteiger partial charge in [-0.2, -0.15) is 5.10 Å². The second-order valence-corrected chi connectivity index (χ2v) is 9.66. The van der Waals surface area contributed by atoms with Gasteiger partial charge >= 0.3 is 0 Å². The molecule has 2 N–H and O–H groups in total. The molecular weight excluding hydrogens is 392 g/mol. The molecule has 2 fully saturated rings. The number of carbonyl (C=O) groups excluding carboxylic acids is 2. The average Bonchev–Trinajstić information content (AvgIpc) is 3.32. The SMILES string of the molecule is C[C@H]1C(=O)NC[C@@H]1C(=O)Nc1cc(-c2cccc(C(C)(C)C)c2)n(C2CCOCC2)n1. The largest absolute Gasteiger partial charge is 0.381 e. The molecule has 1 aromatic heterocycles. The molecule has 2 aromatic rings. The summed E-state index contributed by atoms with van der Waals surface area (Å²) in [5, 5.41) is 10.5. The Balaban J connectivity index is 1.66. The third-order valence-electron chi connectivity index (χ3n) is 6.40. The standard InChI is InChI=1S/C24H32N4O3/c1-15-19(14-25-22(15)29)23(30)26-21-13-20(28(27-21)18-8-10-31-11-9-18)16-6-5-7-17(12-16)24(2,3)4/h5-7,12-13,15,18-19H,8-11,14H2,1-4H3,(H,25,29)(H,26,27,30)/t15-,19+/m1/s1. The molecule has 0 radical (unpaired) electrons. The van der Waals surface area contributed by atoms with Crippen LogP contribution in [0.4, 0.5) is 5.82 Å². The highest BCUT2D eigenvalue weighted by atomic mass is 16.5. The van der Waals surface area contributed by atoms with E-state index in [1.807, 2.05) is 10.7 Å². The van der Waals surface area contributed by atoms with Crippen LogP contribution in [0.3, 0.4) is 0 Å². The Kier molecular flexibility index (Phi) is 5.88. The van der Waals surface area contributed by atoms with Gasteiger partial charge in [0.05, 0.1) is 17.7 Å². The van der Waals surface area contributed by atoms with Crippen LogP contribution in [0.15, 0.2) is 30.3 Å². The third kappa shape index (κ3) is 4.51. The maximum atomic E-state index is 12.8. The molecule has 0 saturated carbocycles. The quantitative estimate of drug-likeness (QED) is 0.786. The molecule has 4 rings (SSSR count). The van der Waals surface area contributed by atoms with Gasteiger partial charge in [0.1, 0.15) is 0 Å². The van der Waals surface area contributed by atoms with E-state index in [9.17, 15) is 9.59 Å². The number of amides is 2. The van der Waals surface area contributed by atoms with Gasteiger partial charge in [-0.25, -0.2) is 0 Å². The van der Waals surface area contributed by atoms with Crippen LogP contribution in [0.25, 0.3) is 11.3 Å². The van der Waals surface area contributed by atoms with Crippen LogP contribution in [0, 0.1) is 11.8 Å². The van der Waals surface area contributed by atoms with Gasteiger partial charge in [0, 0.05) is 37.3 Å². The van der Waals surface area contributed by atoms with Gasteiger partial charge in [-0.15, -0.1) is 0 Å². The second-order valence-electron chi connectivity index (χ2n) is 9.66. The summed E-state index contributed by atoms with van der Waals surface area (Å²) < 4.78 is 7.58. The van der Waals surface area contributed by atoms with Crippen LogP contribution in [0.2, 0.25) is 0 Å². The van der Waals surface area contributed by atoms with Gasteiger partial charge in [-0.3, -0.25) is 14.3 Å². The second kappa shape index (κ2) is 8.46. The van der Waals surface area contributed by atoms with E-state index in [1.165, 1.54) is 5.56 Å². The monoisotopic (exact) mass is 424 g/mol. The lowest BCUT2D eigenvalue weighted by Crippen LogP contribution is -2.28. The molecule has 2 aliphatic heterocycles. The Labute approximate surface area is 183 Å². The lowest BCUT2D eigenvalue weighted by atomic mass is 9.86. The summed E-state index contributed by atoms with van der Waals surface area (Å²) in [6.45, 7) is 10.2. The summed E-state index contributed by atoms with van der Waals surface area (Å²) >= 11 is 0. The predicted molar refractivity (Wildman–Crippen MR) is 120 cm³/mol. The number of rotatable bonds is 4. The summed E-state index contributed by atoms with van der Waals surface area (Å²) in [6.07, 6.45) is 1.78. The first-order valence-electron chi connectivity index (χ1n) is 11.1. The van der Waals surface area contributed by atoms with Crippen LogP contribution < -0.4 is 10.6 Å². The third-order valence-corrected chi connectivity index (χ3v) is 6.40. The molecule has 2 atom stereocenters. The minimum Gasteiger partial charge on any atom is -0.381 e. The van der Waals surface area contributed by atoms with E-state index < -0.39 is 0 Å². The van der Waals surface area contributed by atoms with Gasteiger partial charge in [-0.1, -0.05) is 45.9 Å². The van der Waals surface area contributed by atoms with Crippen molar-refractivity contribution in [1.82, 2.24) is 15.1 Å². The normalized spacial score (nSPS) is 22.4. The van der Waals surface area contributed by atoms with Gasteiger partial charge in [0.15, 0.2) is 5.82 Å². The fraction of sp³-hybridized carbons (Fsp3) is 0.542. The molecule has 0 spiro atoms. The first kappa shape index (κ1) is 21.6. The predicted octanol–water partition coefficient (Wildman–Crippen LogP) is 3.52. The number of hydrogen-bond acceptors (Lipinski definition) is 4. The topological polar surface area (TPSA) is 85.2 Å². The van der Waals surface area contributed by atoms with E-state index in [4.69, 9.17) is 9.84 Å².